The molecule has 1 N–H and O–H groups in total. The maximum atomic E-state index is 11.7. The number of carbonyl (C=O) groups excluding carboxylic acids is 1. The number of likely N-dealkylation sites (N-methyl/N-ethyl adjacent to an activating group) is 1. The molecule has 0 bridgehead atoms. The highest BCUT2D eigenvalue weighted by Gasteiger charge is 2.17. The first-order valence-electron chi connectivity index (χ1n) is 8.33. The van der Waals surface area contributed by atoms with Gasteiger partial charge in [-0.15, -0.1) is 11.3 Å². The summed E-state index contributed by atoms with van der Waals surface area (Å²) < 4.78 is 0. The lowest BCUT2D eigenvalue weighted by atomic mass is 10.1. The highest BCUT2D eigenvalue weighted by Crippen LogP contribution is 2.28. The first-order valence-corrected chi connectivity index (χ1v) is 9.21. The Labute approximate surface area is 147 Å². The molecule has 0 atom stereocenters. The minimum absolute atomic E-state index is 0.0191. The van der Waals surface area contributed by atoms with Gasteiger partial charge in [0.05, 0.1) is 5.69 Å². The quantitative estimate of drug-likeness (QED) is 0.926. The van der Waals surface area contributed by atoms with Gasteiger partial charge >= 0.3 is 0 Å². The Morgan fingerprint density at radius 3 is 2.46 bits per heavy atom. The topological polar surface area (TPSA) is 48.5 Å². The Morgan fingerprint density at radius 1 is 1.17 bits per heavy atom. The number of aromatic nitrogens is 1. The van der Waals surface area contributed by atoms with Crippen molar-refractivity contribution in [2.45, 2.75) is 13.8 Å². The van der Waals surface area contributed by atoms with E-state index in [1.807, 2.05) is 38.1 Å². The van der Waals surface area contributed by atoms with Crippen molar-refractivity contribution in [3.05, 3.63) is 29.6 Å². The van der Waals surface area contributed by atoms with Crippen LogP contribution in [0.1, 0.15) is 13.8 Å². The normalized spacial score (nSPS) is 15.8. The standard InChI is InChI=1S/C18H24N4OS/c1-13(2)17(23)19-15-6-4-14(5-7-15)16-12-24-18(20-16)22-10-8-21(3)9-11-22/h4-7,12-13H,8-11H2,1-3H3,(H,19,23). The van der Waals surface area contributed by atoms with Gasteiger partial charge in [0.25, 0.3) is 0 Å². The molecule has 1 amide bonds. The number of nitrogens with zero attached hydrogens (tertiary/aromatic N) is 3. The van der Waals surface area contributed by atoms with Crippen molar-refractivity contribution < 1.29 is 4.79 Å². The van der Waals surface area contributed by atoms with Gasteiger partial charge in [-0.25, -0.2) is 4.98 Å². The maximum Gasteiger partial charge on any atom is 0.226 e. The van der Waals surface area contributed by atoms with Crippen LogP contribution in [0.5, 0.6) is 0 Å². The van der Waals surface area contributed by atoms with Crippen LogP contribution in [-0.4, -0.2) is 49.0 Å². The zero-order chi connectivity index (χ0) is 17.1. The molecule has 0 aliphatic carbocycles. The van der Waals surface area contributed by atoms with Crippen molar-refractivity contribution >= 4 is 28.1 Å². The minimum atomic E-state index is -0.0191. The van der Waals surface area contributed by atoms with Crippen LogP contribution in [0.3, 0.4) is 0 Å². The highest BCUT2D eigenvalue weighted by atomic mass is 32.1. The summed E-state index contributed by atoms with van der Waals surface area (Å²) in [5.41, 5.74) is 2.90. The molecule has 5 nitrogen and oxygen atoms in total. The molecule has 1 aliphatic rings. The molecule has 3 rings (SSSR count). The average Bonchev–Trinajstić information content (AvgIpc) is 3.06. The van der Waals surface area contributed by atoms with Crippen LogP contribution in [0.4, 0.5) is 10.8 Å². The number of piperazine rings is 1. The second kappa shape index (κ2) is 7.32. The summed E-state index contributed by atoms with van der Waals surface area (Å²) in [7, 11) is 2.16. The van der Waals surface area contributed by atoms with E-state index in [0.717, 1.165) is 48.3 Å². The highest BCUT2D eigenvalue weighted by molar-refractivity contribution is 7.14. The molecule has 6 heteroatoms. The number of amides is 1. The smallest absolute Gasteiger partial charge is 0.226 e. The van der Waals surface area contributed by atoms with Gasteiger partial charge < -0.3 is 15.1 Å². The summed E-state index contributed by atoms with van der Waals surface area (Å²) >= 11 is 1.70. The summed E-state index contributed by atoms with van der Waals surface area (Å²) in [6.07, 6.45) is 0. The SMILES string of the molecule is CC(C)C(=O)Nc1ccc(-c2csc(N3CCN(C)CC3)n2)cc1. The van der Waals surface area contributed by atoms with E-state index in [9.17, 15) is 4.79 Å². The third-order valence-corrected chi connectivity index (χ3v) is 5.14. The van der Waals surface area contributed by atoms with Gasteiger partial charge in [0, 0.05) is 48.7 Å². The van der Waals surface area contributed by atoms with Crippen LogP contribution in [0, 0.1) is 5.92 Å². The molecule has 2 aromatic rings. The molecule has 1 aromatic heterocycles. The van der Waals surface area contributed by atoms with Gasteiger partial charge in [0.15, 0.2) is 5.13 Å². The Balaban J connectivity index is 1.68. The van der Waals surface area contributed by atoms with E-state index in [1.165, 1.54) is 0 Å². The van der Waals surface area contributed by atoms with Crippen LogP contribution >= 0.6 is 11.3 Å². The molecule has 1 aliphatic heterocycles. The predicted molar refractivity (Wildman–Crippen MR) is 101 cm³/mol. The van der Waals surface area contributed by atoms with E-state index in [2.05, 4.69) is 27.5 Å². The molecule has 128 valence electrons. The van der Waals surface area contributed by atoms with Crippen molar-refractivity contribution in [3.8, 4) is 11.3 Å². The molecule has 0 unspecified atom stereocenters. The summed E-state index contributed by atoms with van der Waals surface area (Å²) in [5.74, 6) is 0.0168. The van der Waals surface area contributed by atoms with Crippen LogP contribution in [0.15, 0.2) is 29.6 Å². The Morgan fingerprint density at radius 2 is 1.83 bits per heavy atom. The summed E-state index contributed by atoms with van der Waals surface area (Å²) in [5, 5.41) is 6.11. The number of hydrogen-bond acceptors (Lipinski definition) is 5. The van der Waals surface area contributed by atoms with Crippen LogP contribution in [0.2, 0.25) is 0 Å². The first-order chi connectivity index (χ1) is 11.5. The fraction of sp³-hybridized carbons (Fsp3) is 0.444. The van der Waals surface area contributed by atoms with Crippen LogP contribution < -0.4 is 10.2 Å². The lowest BCUT2D eigenvalue weighted by Crippen LogP contribution is -2.44. The second-order valence-corrected chi connectivity index (χ2v) is 7.36. The van der Waals surface area contributed by atoms with Gasteiger partial charge in [0.2, 0.25) is 5.91 Å². The number of thiazole rings is 1. The largest absolute Gasteiger partial charge is 0.346 e. The lowest BCUT2D eigenvalue weighted by molar-refractivity contribution is -0.118. The third kappa shape index (κ3) is 3.94. The van der Waals surface area contributed by atoms with E-state index in [0.29, 0.717) is 0 Å². The van der Waals surface area contributed by atoms with Gasteiger partial charge in [-0.05, 0) is 19.2 Å². The lowest BCUT2D eigenvalue weighted by Gasteiger charge is -2.32. The second-order valence-electron chi connectivity index (χ2n) is 6.53. The van der Waals surface area contributed by atoms with Crippen molar-refractivity contribution in [3.63, 3.8) is 0 Å². The summed E-state index contributed by atoms with van der Waals surface area (Å²) in [6, 6.07) is 7.90. The first kappa shape index (κ1) is 16.9. The molecular weight excluding hydrogens is 320 g/mol. The minimum Gasteiger partial charge on any atom is -0.346 e. The van der Waals surface area contributed by atoms with E-state index < -0.39 is 0 Å². The van der Waals surface area contributed by atoms with Gasteiger partial charge in [0.1, 0.15) is 0 Å². The van der Waals surface area contributed by atoms with Crippen molar-refractivity contribution in [1.29, 1.82) is 0 Å². The molecule has 0 saturated carbocycles. The van der Waals surface area contributed by atoms with Crippen molar-refractivity contribution in [2.75, 3.05) is 43.4 Å². The number of carbonyl (C=O) groups is 1. The molecule has 0 radical (unpaired) electrons. The molecule has 1 saturated heterocycles. The predicted octanol–water partition coefficient (Wildman–Crippen LogP) is 3.16. The van der Waals surface area contributed by atoms with Crippen LogP contribution in [0.25, 0.3) is 11.3 Å². The number of rotatable bonds is 4. The number of benzene rings is 1. The number of anilines is 2. The van der Waals surface area contributed by atoms with E-state index in [4.69, 9.17) is 4.98 Å². The van der Waals surface area contributed by atoms with Gasteiger partial charge in [-0.3, -0.25) is 4.79 Å². The number of nitrogens with one attached hydrogen (secondary N) is 1. The zero-order valence-corrected chi connectivity index (χ0v) is 15.3. The van der Waals surface area contributed by atoms with E-state index in [1.54, 1.807) is 11.3 Å². The summed E-state index contributed by atoms with van der Waals surface area (Å²) in [6.45, 7) is 8.00. The van der Waals surface area contributed by atoms with Gasteiger partial charge in [-0.1, -0.05) is 26.0 Å². The van der Waals surface area contributed by atoms with Gasteiger partial charge in [-0.2, -0.15) is 0 Å². The maximum absolute atomic E-state index is 11.7. The molecule has 0 spiro atoms. The fourth-order valence-electron chi connectivity index (χ4n) is 2.55. The fourth-order valence-corrected chi connectivity index (χ4v) is 3.44. The molecule has 1 fully saturated rings. The number of hydrogen-bond donors (Lipinski definition) is 1. The Bertz CT molecular complexity index is 687. The Kier molecular flexibility index (Phi) is 5.16. The van der Waals surface area contributed by atoms with Crippen molar-refractivity contribution in [1.82, 2.24) is 9.88 Å². The molecular formula is C18H24N4OS. The third-order valence-electron chi connectivity index (χ3n) is 4.24. The Hall–Kier alpha value is -1.92. The molecule has 24 heavy (non-hydrogen) atoms. The molecule has 2 heterocycles. The monoisotopic (exact) mass is 344 g/mol. The van der Waals surface area contributed by atoms with E-state index in [-0.39, 0.29) is 11.8 Å². The van der Waals surface area contributed by atoms with E-state index >= 15 is 0 Å². The summed E-state index contributed by atoms with van der Waals surface area (Å²) in [4.78, 5) is 21.2. The van der Waals surface area contributed by atoms with Crippen molar-refractivity contribution in [2.24, 2.45) is 5.92 Å². The molecule has 1 aromatic carbocycles. The van der Waals surface area contributed by atoms with Crippen LogP contribution in [-0.2, 0) is 4.79 Å². The average molecular weight is 344 g/mol. The zero-order valence-electron chi connectivity index (χ0n) is 14.5.